The van der Waals surface area contributed by atoms with E-state index >= 15 is 0 Å². The van der Waals surface area contributed by atoms with E-state index in [0.29, 0.717) is 17.4 Å². The predicted octanol–water partition coefficient (Wildman–Crippen LogP) is 2.80. The minimum atomic E-state index is -0.492. The van der Waals surface area contributed by atoms with E-state index in [1.54, 1.807) is 11.4 Å². The molecule has 0 aliphatic rings. The van der Waals surface area contributed by atoms with Crippen molar-refractivity contribution in [1.29, 1.82) is 0 Å². The molecule has 0 bridgehead atoms. The molecule has 0 atom stereocenters. The number of thiazole rings is 1. The number of carbonyl (C=O) groups is 1. The zero-order valence-corrected chi connectivity index (χ0v) is 12.2. The van der Waals surface area contributed by atoms with Crippen molar-refractivity contribution in [2.45, 2.75) is 6.42 Å². The molecule has 19 heavy (non-hydrogen) atoms. The number of benzene rings is 1. The smallest absolute Gasteiger partial charge is 0.275 e. The third-order valence-electron chi connectivity index (χ3n) is 2.32. The Balaban J connectivity index is 2.13. The Kier molecular flexibility index (Phi) is 4.62. The van der Waals surface area contributed by atoms with Crippen molar-refractivity contribution in [2.24, 2.45) is 5.73 Å². The van der Waals surface area contributed by atoms with Gasteiger partial charge in [-0.1, -0.05) is 15.9 Å². The van der Waals surface area contributed by atoms with Crippen LogP contribution >= 0.6 is 27.3 Å². The summed E-state index contributed by atoms with van der Waals surface area (Å²) in [4.78, 5) is 16.1. The first-order valence-electron chi connectivity index (χ1n) is 5.51. The summed E-state index contributed by atoms with van der Waals surface area (Å²) in [6.45, 7) is 0.481. The molecule has 1 aromatic heterocycles. The van der Waals surface area contributed by atoms with E-state index in [1.807, 2.05) is 0 Å². The number of hydrogen-bond donors (Lipinski definition) is 2. The number of nitrogens with zero attached hydrogens (tertiary/aromatic N) is 1. The van der Waals surface area contributed by atoms with E-state index in [1.165, 1.54) is 23.5 Å². The summed E-state index contributed by atoms with van der Waals surface area (Å²) in [5.74, 6) is -0.925. The van der Waals surface area contributed by atoms with E-state index < -0.39 is 11.7 Å². The van der Waals surface area contributed by atoms with Crippen LogP contribution in [0.4, 0.5) is 10.1 Å². The molecule has 1 aromatic carbocycles. The summed E-state index contributed by atoms with van der Waals surface area (Å²) in [6.07, 6.45) is 0.628. The van der Waals surface area contributed by atoms with Crippen LogP contribution in [0.25, 0.3) is 0 Å². The fourth-order valence-corrected chi connectivity index (χ4v) is 2.59. The van der Waals surface area contributed by atoms with E-state index in [4.69, 9.17) is 5.73 Å². The molecule has 0 radical (unpaired) electrons. The Morgan fingerprint density at radius 2 is 2.32 bits per heavy atom. The molecule has 0 saturated carbocycles. The summed E-state index contributed by atoms with van der Waals surface area (Å²) in [5.41, 5.74) is 5.81. The lowest BCUT2D eigenvalue weighted by atomic mass is 10.3. The fourth-order valence-electron chi connectivity index (χ4n) is 1.43. The molecular weight excluding hydrogens is 333 g/mol. The fraction of sp³-hybridized carbons (Fsp3) is 0.167. The van der Waals surface area contributed by atoms with Crippen molar-refractivity contribution < 1.29 is 9.18 Å². The van der Waals surface area contributed by atoms with Gasteiger partial charge in [-0.25, -0.2) is 9.37 Å². The molecule has 2 rings (SSSR count). The number of halogens is 2. The number of aromatic nitrogens is 1. The third-order valence-corrected chi connectivity index (χ3v) is 3.72. The van der Waals surface area contributed by atoms with Gasteiger partial charge in [-0.05, 0) is 24.7 Å². The first-order chi connectivity index (χ1) is 9.10. The van der Waals surface area contributed by atoms with Crippen LogP contribution in [-0.4, -0.2) is 17.4 Å². The Hall–Kier alpha value is -1.31. The highest BCUT2D eigenvalue weighted by Gasteiger charge is 2.13. The number of carbonyl (C=O) groups excluding carboxylic acids is 1. The van der Waals surface area contributed by atoms with Gasteiger partial charge in [0.1, 0.15) is 11.5 Å². The Morgan fingerprint density at radius 3 is 3.05 bits per heavy atom. The summed E-state index contributed by atoms with van der Waals surface area (Å²) < 4.78 is 14.2. The van der Waals surface area contributed by atoms with Crippen molar-refractivity contribution in [3.8, 4) is 0 Å². The number of hydrogen-bond acceptors (Lipinski definition) is 4. The molecule has 3 N–H and O–H groups in total. The van der Waals surface area contributed by atoms with Gasteiger partial charge in [0.2, 0.25) is 0 Å². The van der Waals surface area contributed by atoms with E-state index in [2.05, 4.69) is 26.2 Å². The van der Waals surface area contributed by atoms with Gasteiger partial charge in [0, 0.05) is 16.3 Å². The predicted molar refractivity (Wildman–Crippen MR) is 76.9 cm³/mol. The SMILES string of the molecule is NCCc1nc(C(=O)Nc2cc(Br)ccc2F)cs1. The largest absolute Gasteiger partial charge is 0.330 e. The Morgan fingerprint density at radius 1 is 1.53 bits per heavy atom. The number of rotatable bonds is 4. The van der Waals surface area contributed by atoms with Crippen LogP contribution in [0.3, 0.4) is 0 Å². The highest BCUT2D eigenvalue weighted by atomic mass is 79.9. The summed E-state index contributed by atoms with van der Waals surface area (Å²) >= 11 is 4.59. The first kappa shape index (κ1) is 14.1. The van der Waals surface area contributed by atoms with Gasteiger partial charge >= 0.3 is 0 Å². The minimum absolute atomic E-state index is 0.118. The molecule has 7 heteroatoms. The van der Waals surface area contributed by atoms with Gasteiger partial charge < -0.3 is 11.1 Å². The second-order valence-electron chi connectivity index (χ2n) is 3.74. The van der Waals surface area contributed by atoms with Crippen LogP contribution in [0.5, 0.6) is 0 Å². The maximum atomic E-state index is 13.5. The zero-order chi connectivity index (χ0) is 13.8. The second-order valence-corrected chi connectivity index (χ2v) is 5.60. The van der Waals surface area contributed by atoms with Crippen molar-refractivity contribution in [2.75, 3.05) is 11.9 Å². The molecule has 0 fully saturated rings. The Labute approximate surface area is 122 Å². The van der Waals surface area contributed by atoms with Crippen LogP contribution in [0.2, 0.25) is 0 Å². The van der Waals surface area contributed by atoms with Gasteiger partial charge in [-0.3, -0.25) is 4.79 Å². The minimum Gasteiger partial charge on any atom is -0.330 e. The highest BCUT2D eigenvalue weighted by Crippen LogP contribution is 2.21. The highest BCUT2D eigenvalue weighted by molar-refractivity contribution is 9.10. The number of anilines is 1. The molecule has 0 spiro atoms. The molecule has 4 nitrogen and oxygen atoms in total. The average Bonchev–Trinajstić information content (AvgIpc) is 2.83. The number of nitrogens with two attached hydrogens (primary N) is 1. The van der Waals surface area contributed by atoms with Gasteiger partial charge in [-0.2, -0.15) is 0 Å². The van der Waals surface area contributed by atoms with E-state index in [-0.39, 0.29) is 11.4 Å². The molecule has 1 amide bonds. The van der Waals surface area contributed by atoms with Crippen molar-refractivity contribution in [1.82, 2.24) is 4.98 Å². The molecule has 100 valence electrons. The molecule has 0 unspecified atom stereocenters. The van der Waals surface area contributed by atoms with Crippen LogP contribution in [0, 0.1) is 5.82 Å². The van der Waals surface area contributed by atoms with Gasteiger partial charge in [0.15, 0.2) is 0 Å². The molecular formula is C12H11BrFN3OS. The van der Waals surface area contributed by atoms with E-state index in [9.17, 15) is 9.18 Å². The monoisotopic (exact) mass is 343 g/mol. The number of amides is 1. The Bertz CT molecular complexity index is 602. The van der Waals surface area contributed by atoms with Gasteiger partial charge in [0.05, 0.1) is 10.7 Å². The van der Waals surface area contributed by atoms with Crippen molar-refractivity contribution >= 4 is 38.9 Å². The molecule has 0 aliphatic heterocycles. The zero-order valence-electron chi connectivity index (χ0n) is 9.82. The summed E-state index contributed by atoms with van der Waals surface area (Å²) in [7, 11) is 0. The topological polar surface area (TPSA) is 68.0 Å². The maximum absolute atomic E-state index is 13.5. The van der Waals surface area contributed by atoms with Crippen molar-refractivity contribution in [3.05, 3.63) is 44.6 Å². The quantitative estimate of drug-likeness (QED) is 0.896. The normalized spacial score (nSPS) is 10.5. The van der Waals surface area contributed by atoms with Gasteiger partial charge in [-0.15, -0.1) is 11.3 Å². The van der Waals surface area contributed by atoms with Crippen LogP contribution in [0.15, 0.2) is 28.1 Å². The molecule has 1 heterocycles. The lowest BCUT2D eigenvalue weighted by Gasteiger charge is -2.05. The van der Waals surface area contributed by atoms with Gasteiger partial charge in [0.25, 0.3) is 5.91 Å². The molecule has 0 saturated heterocycles. The summed E-state index contributed by atoms with van der Waals surface area (Å²) in [6, 6.07) is 4.34. The standard InChI is InChI=1S/C12H11BrFN3OS/c13-7-1-2-8(14)9(5-7)17-12(18)10-6-19-11(16-10)3-4-15/h1-2,5-6H,3-4,15H2,(H,17,18). The van der Waals surface area contributed by atoms with E-state index in [0.717, 1.165) is 5.01 Å². The van der Waals surface area contributed by atoms with Crippen LogP contribution in [-0.2, 0) is 6.42 Å². The van der Waals surface area contributed by atoms with Crippen LogP contribution < -0.4 is 11.1 Å². The lowest BCUT2D eigenvalue weighted by Crippen LogP contribution is -2.13. The lowest BCUT2D eigenvalue weighted by molar-refractivity contribution is 0.102. The third kappa shape index (κ3) is 3.59. The second kappa shape index (κ2) is 6.23. The maximum Gasteiger partial charge on any atom is 0.275 e. The first-order valence-corrected chi connectivity index (χ1v) is 7.18. The van der Waals surface area contributed by atoms with Crippen molar-refractivity contribution in [3.63, 3.8) is 0 Å². The number of nitrogens with one attached hydrogen (secondary N) is 1. The average molecular weight is 344 g/mol. The summed E-state index contributed by atoms with van der Waals surface area (Å²) in [5, 5.41) is 4.92. The molecule has 2 aromatic rings. The van der Waals surface area contributed by atoms with Crippen LogP contribution in [0.1, 0.15) is 15.5 Å². The molecule has 0 aliphatic carbocycles.